The monoisotopic (exact) mass is 327 g/mol. The minimum Gasteiger partial charge on any atom is -0.691 e. The van der Waals surface area contributed by atoms with Crippen molar-refractivity contribution >= 4 is 12.0 Å². The highest BCUT2D eigenvalue weighted by Crippen LogP contribution is 2.29. The topological polar surface area (TPSA) is 41.5 Å². The highest BCUT2D eigenvalue weighted by Gasteiger charge is 2.07. The second kappa shape index (κ2) is 14.3. The molecule has 0 aliphatic heterocycles. The van der Waals surface area contributed by atoms with Crippen LogP contribution in [-0.4, -0.2) is 0 Å². The van der Waals surface area contributed by atoms with Crippen LogP contribution in [0.1, 0.15) is 90.4 Å². The molecule has 0 saturated carbocycles. The lowest BCUT2D eigenvalue weighted by Crippen LogP contribution is -2.02. The number of hydrogen-bond donors (Lipinski definition) is 0. The van der Waals surface area contributed by atoms with E-state index in [9.17, 15) is 5.26 Å². The van der Waals surface area contributed by atoms with E-state index < -0.39 is 0 Å². The zero-order valence-corrected chi connectivity index (χ0v) is 14.8. The molecule has 0 bridgehead atoms. The molecule has 0 aromatic rings. The Balaban J connectivity index is 1.93. The Morgan fingerprint density at radius 3 is 2.09 bits per heavy atom. The maximum Gasteiger partial charge on any atom is 0.0629 e. The molecule has 128 valence electrons. The third-order valence-electron chi connectivity index (χ3n) is 4.22. The van der Waals surface area contributed by atoms with Gasteiger partial charge in [0.15, 0.2) is 0 Å². The maximum absolute atomic E-state index is 9.77. The second-order valence-corrected chi connectivity index (χ2v) is 6.94. The molecule has 0 aromatic heterocycles. The first-order chi connectivity index (χ1) is 10.9. The number of rotatable bonds is 14. The van der Waals surface area contributed by atoms with Crippen LogP contribution in [-0.2, 0) is 9.37 Å². The molecule has 0 aromatic carbocycles. The summed E-state index contributed by atoms with van der Waals surface area (Å²) in [5.74, 6) is 0. The van der Waals surface area contributed by atoms with E-state index in [0.717, 1.165) is 29.8 Å². The van der Waals surface area contributed by atoms with E-state index in [-0.39, 0.29) is 0 Å². The van der Waals surface area contributed by atoms with E-state index in [1.165, 1.54) is 76.2 Å². The Kier molecular flexibility index (Phi) is 12.9. The van der Waals surface area contributed by atoms with Crippen LogP contribution in [0.5, 0.6) is 0 Å². The van der Waals surface area contributed by atoms with Gasteiger partial charge in [0.25, 0.3) is 0 Å². The van der Waals surface area contributed by atoms with Crippen LogP contribution in [0.2, 0.25) is 0 Å². The van der Waals surface area contributed by atoms with Gasteiger partial charge in [-0.2, -0.15) is 4.33 Å². The summed E-state index contributed by atoms with van der Waals surface area (Å²) >= 11 is 1.03. The van der Waals surface area contributed by atoms with Crippen molar-refractivity contribution in [3.63, 3.8) is 0 Å². The molecule has 0 spiro atoms. The largest absolute Gasteiger partial charge is 0.691 e. The van der Waals surface area contributed by atoms with E-state index in [2.05, 4.69) is 22.4 Å². The third-order valence-corrected chi connectivity index (χ3v) is 4.90. The first-order valence-corrected chi connectivity index (χ1v) is 9.62. The molecule has 3 nitrogen and oxygen atoms in total. The van der Waals surface area contributed by atoms with E-state index in [0.29, 0.717) is 0 Å². The van der Waals surface area contributed by atoms with Crippen LogP contribution in [0.25, 0.3) is 0 Å². The van der Waals surface area contributed by atoms with Gasteiger partial charge in [-0.15, -0.1) is 0 Å². The Bertz CT molecular complexity index is 326. The molecule has 0 saturated heterocycles. The van der Waals surface area contributed by atoms with Crippen LogP contribution >= 0.6 is 12.0 Å². The highest BCUT2D eigenvalue weighted by atomic mass is 32.2. The summed E-state index contributed by atoms with van der Waals surface area (Å²) in [7, 11) is 0. The van der Waals surface area contributed by atoms with Crippen molar-refractivity contribution in [2.45, 2.75) is 90.4 Å². The second-order valence-electron chi connectivity index (χ2n) is 6.11. The molecule has 1 aliphatic carbocycles. The Morgan fingerprint density at radius 2 is 1.55 bits per heavy atom. The molecule has 22 heavy (non-hydrogen) atoms. The maximum atomic E-state index is 9.77. The molecular formula is C18H31O3S-. The number of hydrogen-bond acceptors (Lipinski definition) is 4. The fourth-order valence-electron chi connectivity index (χ4n) is 2.84. The van der Waals surface area contributed by atoms with Gasteiger partial charge < -0.3 is 5.26 Å². The quantitative estimate of drug-likeness (QED) is 0.176. The molecule has 0 unspecified atom stereocenters. The standard InChI is InChI=1S/C18H32O3S/c1-2-3-4-5-6-7-8-9-10-11-12-17-13-15-18(16-14-17)22-21-20-19/h13,15,19H,2-12,14,16H2,1H3/p-1. The molecule has 1 aliphatic rings. The number of allylic oxidation sites excluding steroid dienone is 4. The summed E-state index contributed by atoms with van der Waals surface area (Å²) in [6.07, 6.45) is 21.3. The van der Waals surface area contributed by atoms with Crippen molar-refractivity contribution in [3.8, 4) is 0 Å². The highest BCUT2D eigenvalue weighted by molar-refractivity contribution is 7.98. The minimum atomic E-state index is 0.956. The van der Waals surface area contributed by atoms with Gasteiger partial charge in [-0.1, -0.05) is 82.4 Å². The van der Waals surface area contributed by atoms with Crippen molar-refractivity contribution < 1.29 is 14.6 Å². The first-order valence-electron chi connectivity index (χ1n) is 8.88. The molecule has 0 amide bonds. The Hall–Kier alpha value is -0.290. The van der Waals surface area contributed by atoms with Crippen molar-refractivity contribution in [2.75, 3.05) is 0 Å². The van der Waals surface area contributed by atoms with Gasteiger partial charge in [0.1, 0.15) is 0 Å². The van der Waals surface area contributed by atoms with Crippen LogP contribution in [0, 0.1) is 0 Å². The molecular weight excluding hydrogens is 296 g/mol. The summed E-state index contributed by atoms with van der Waals surface area (Å²) in [6, 6.07) is 0. The van der Waals surface area contributed by atoms with Crippen molar-refractivity contribution in [3.05, 3.63) is 22.6 Å². The molecule has 0 radical (unpaired) electrons. The van der Waals surface area contributed by atoms with Gasteiger partial charge in [-0.3, -0.25) is 5.04 Å². The van der Waals surface area contributed by atoms with Gasteiger partial charge >= 0.3 is 0 Å². The van der Waals surface area contributed by atoms with Crippen LogP contribution in [0.3, 0.4) is 0 Å². The fourth-order valence-corrected chi connectivity index (χ4v) is 3.26. The summed E-state index contributed by atoms with van der Waals surface area (Å²) < 4.78 is 4.34. The Morgan fingerprint density at radius 1 is 0.909 bits per heavy atom. The zero-order valence-electron chi connectivity index (χ0n) is 14.0. The molecule has 1 rings (SSSR count). The molecule has 0 N–H and O–H groups in total. The molecule has 0 heterocycles. The smallest absolute Gasteiger partial charge is 0.0629 e. The van der Waals surface area contributed by atoms with Gasteiger partial charge in [0.05, 0.1) is 12.0 Å². The van der Waals surface area contributed by atoms with Gasteiger partial charge in [0.2, 0.25) is 0 Å². The Labute approximate surface area is 140 Å². The minimum absolute atomic E-state index is 0.956. The third kappa shape index (κ3) is 10.4. The average molecular weight is 328 g/mol. The fraction of sp³-hybridized carbons (Fsp3) is 0.778. The lowest BCUT2D eigenvalue weighted by Gasteiger charge is -2.14. The van der Waals surface area contributed by atoms with Crippen LogP contribution in [0.4, 0.5) is 0 Å². The average Bonchev–Trinajstić information content (AvgIpc) is 2.56. The predicted octanol–water partition coefficient (Wildman–Crippen LogP) is 5.77. The summed E-state index contributed by atoms with van der Waals surface area (Å²) in [4.78, 5) is 1.06. The van der Waals surface area contributed by atoms with E-state index in [4.69, 9.17) is 0 Å². The number of unbranched alkanes of at least 4 members (excludes halogenated alkanes) is 9. The molecule has 4 heteroatoms. The van der Waals surface area contributed by atoms with Crippen molar-refractivity contribution in [1.82, 2.24) is 0 Å². The predicted molar refractivity (Wildman–Crippen MR) is 91.6 cm³/mol. The first kappa shape index (κ1) is 19.8. The molecule has 0 atom stereocenters. The van der Waals surface area contributed by atoms with Gasteiger partial charge in [0, 0.05) is 4.91 Å². The summed E-state index contributed by atoms with van der Waals surface area (Å²) in [6.45, 7) is 2.27. The van der Waals surface area contributed by atoms with E-state index in [1.54, 1.807) is 0 Å². The van der Waals surface area contributed by atoms with Crippen LogP contribution in [0.15, 0.2) is 22.6 Å². The normalized spacial score (nSPS) is 14.8. The van der Waals surface area contributed by atoms with Gasteiger partial charge in [-0.05, 0) is 25.7 Å². The SMILES string of the molecule is CCCCCCCCCCCCC1=CC=C(SOO[O-])CC1. The molecule has 0 fully saturated rings. The lowest BCUT2D eigenvalue weighted by atomic mass is 9.98. The van der Waals surface area contributed by atoms with Gasteiger partial charge in [-0.25, -0.2) is 0 Å². The van der Waals surface area contributed by atoms with Crippen LogP contribution < -0.4 is 5.26 Å². The lowest BCUT2D eigenvalue weighted by molar-refractivity contribution is -0.777. The van der Waals surface area contributed by atoms with Crippen molar-refractivity contribution in [1.29, 1.82) is 0 Å². The van der Waals surface area contributed by atoms with E-state index >= 15 is 0 Å². The van der Waals surface area contributed by atoms with Crippen molar-refractivity contribution in [2.24, 2.45) is 0 Å². The van der Waals surface area contributed by atoms with E-state index in [1.807, 2.05) is 6.08 Å². The zero-order chi connectivity index (χ0) is 15.9. The summed E-state index contributed by atoms with van der Waals surface area (Å²) in [5.41, 5.74) is 1.52. The summed E-state index contributed by atoms with van der Waals surface area (Å²) in [5, 5.41) is 13.1.